The van der Waals surface area contributed by atoms with Gasteiger partial charge >= 0.3 is 5.97 Å². The Hall–Kier alpha value is -1.31. The molecule has 0 rings (SSSR count). The maximum absolute atomic E-state index is 12.2. The molecule has 108 valence electrons. The summed E-state index contributed by atoms with van der Waals surface area (Å²) in [6.07, 6.45) is 6.00. The number of hydrogen-bond donors (Lipinski definition) is 0. The molecule has 19 heavy (non-hydrogen) atoms. The molecule has 0 fully saturated rings. The van der Waals surface area contributed by atoms with E-state index in [9.17, 15) is 4.79 Å². The summed E-state index contributed by atoms with van der Waals surface area (Å²) in [5.41, 5.74) is 0.776. The second-order valence-electron chi connectivity index (χ2n) is 6.34. The van der Waals surface area contributed by atoms with Gasteiger partial charge in [-0.25, -0.2) is 0 Å². The molecule has 2 nitrogen and oxygen atoms in total. The van der Waals surface area contributed by atoms with Crippen molar-refractivity contribution in [3.63, 3.8) is 0 Å². The van der Waals surface area contributed by atoms with E-state index in [0.717, 1.165) is 12.0 Å². The zero-order valence-electron chi connectivity index (χ0n) is 13.0. The van der Waals surface area contributed by atoms with Crippen molar-refractivity contribution in [3.8, 4) is 0 Å². The summed E-state index contributed by atoms with van der Waals surface area (Å²) < 4.78 is 5.41. The molecule has 0 amide bonds. The first-order chi connectivity index (χ1) is 8.72. The lowest BCUT2D eigenvalue weighted by atomic mass is 9.76. The van der Waals surface area contributed by atoms with Crippen LogP contribution in [0.5, 0.6) is 0 Å². The molecule has 0 aromatic rings. The van der Waals surface area contributed by atoms with E-state index in [0.29, 0.717) is 5.92 Å². The molecule has 0 radical (unpaired) electrons. The molecular weight excluding hydrogens is 236 g/mol. The summed E-state index contributed by atoms with van der Waals surface area (Å²) in [7, 11) is 0. The fourth-order valence-corrected chi connectivity index (χ4v) is 1.86. The molecule has 1 unspecified atom stereocenters. The lowest BCUT2D eigenvalue weighted by molar-refractivity contribution is -0.152. The maximum atomic E-state index is 12.2. The van der Waals surface area contributed by atoms with Gasteiger partial charge < -0.3 is 4.74 Å². The quantitative estimate of drug-likeness (QED) is 0.498. The van der Waals surface area contributed by atoms with Gasteiger partial charge in [0, 0.05) is 0 Å². The number of rotatable bonds is 7. The minimum atomic E-state index is -0.127. The average Bonchev–Trinajstić information content (AvgIpc) is 2.29. The number of ether oxygens (including phenoxy) is 1. The Kier molecular flexibility index (Phi) is 7.43. The standard InChI is InChI=1S/C17H28O2/c1-8-10-14(9-2)12-19-16(18)15(11-13(3)4)17(5,6)7/h8-10,13,15H,1-2,11-12H2,3-7H3/b14-10+. The van der Waals surface area contributed by atoms with Crippen LogP contribution in [0.2, 0.25) is 0 Å². The van der Waals surface area contributed by atoms with Gasteiger partial charge in [-0.1, -0.05) is 66.0 Å². The van der Waals surface area contributed by atoms with Crippen molar-refractivity contribution in [2.24, 2.45) is 17.3 Å². The van der Waals surface area contributed by atoms with Crippen LogP contribution < -0.4 is 0 Å². The molecule has 0 heterocycles. The number of esters is 1. The number of hydrogen-bond acceptors (Lipinski definition) is 2. The van der Waals surface area contributed by atoms with Gasteiger partial charge in [-0.15, -0.1) is 0 Å². The Morgan fingerprint density at radius 1 is 1.26 bits per heavy atom. The van der Waals surface area contributed by atoms with Crippen molar-refractivity contribution < 1.29 is 9.53 Å². The zero-order chi connectivity index (χ0) is 15.1. The largest absolute Gasteiger partial charge is 0.461 e. The van der Waals surface area contributed by atoms with Gasteiger partial charge in [0.2, 0.25) is 0 Å². The molecule has 0 bridgehead atoms. The Bertz CT molecular complexity index is 343. The Morgan fingerprint density at radius 2 is 1.84 bits per heavy atom. The lowest BCUT2D eigenvalue weighted by Gasteiger charge is -2.30. The van der Waals surface area contributed by atoms with Crippen molar-refractivity contribution in [1.29, 1.82) is 0 Å². The lowest BCUT2D eigenvalue weighted by Crippen LogP contribution is -2.31. The van der Waals surface area contributed by atoms with Crippen LogP contribution in [-0.4, -0.2) is 12.6 Å². The summed E-state index contributed by atoms with van der Waals surface area (Å²) in [5, 5.41) is 0. The van der Waals surface area contributed by atoms with E-state index in [1.54, 1.807) is 18.2 Å². The monoisotopic (exact) mass is 264 g/mol. The topological polar surface area (TPSA) is 26.3 Å². The van der Waals surface area contributed by atoms with E-state index in [2.05, 4.69) is 47.8 Å². The fraction of sp³-hybridized carbons (Fsp3) is 0.588. The molecule has 0 saturated carbocycles. The molecule has 0 aromatic heterocycles. The van der Waals surface area contributed by atoms with Crippen LogP contribution in [0.3, 0.4) is 0 Å². The van der Waals surface area contributed by atoms with Crippen LogP contribution >= 0.6 is 0 Å². The first-order valence-electron chi connectivity index (χ1n) is 6.83. The number of carbonyl (C=O) groups is 1. The van der Waals surface area contributed by atoms with Crippen LogP contribution in [0.15, 0.2) is 37.0 Å². The molecule has 0 N–H and O–H groups in total. The second-order valence-corrected chi connectivity index (χ2v) is 6.34. The highest BCUT2D eigenvalue weighted by atomic mass is 16.5. The van der Waals surface area contributed by atoms with Crippen molar-refractivity contribution in [3.05, 3.63) is 37.0 Å². The van der Waals surface area contributed by atoms with Gasteiger partial charge in [0.05, 0.1) is 5.92 Å². The Morgan fingerprint density at radius 3 is 2.21 bits per heavy atom. The predicted molar refractivity (Wildman–Crippen MR) is 81.8 cm³/mol. The molecule has 0 saturated heterocycles. The van der Waals surface area contributed by atoms with Crippen molar-refractivity contribution in [1.82, 2.24) is 0 Å². The van der Waals surface area contributed by atoms with Gasteiger partial charge in [-0.05, 0) is 23.3 Å². The second kappa shape index (κ2) is 7.98. The first-order valence-corrected chi connectivity index (χ1v) is 6.83. The van der Waals surface area contributed by atoms with Gasteiger partial charge in [0.25, 0.3) is 0 Å². The summed E-state index contributed by atoms with van der Waals surface area (Å²) in [5.74, 6) is 0.264. The molecule has 0 spiro atoms. The Labute approximate surface area is 118 Å². The van der Waals surface area contributed by atoms with E-state index in [4.69, 9.17) is 4.74 Å². The molecule has 0 aliphatic rings. The van der Waals surface area contributed by atoms with Crippen molar-refractivity contribution in [2.45, 2.75) is 41.0 Å². The predicted octanol–water partition coefficient (Wildman–Crippen LogP) is 4.54. The van der Waals surface area contributed by atoms with E-state index in [1.165, 1.54) is 0 Å². The van der Waals surface area contributed by atoms with E-state index in [1.807, 2.05) is 0 Å². The fourth-order valence-electron chi connectivity index (χ4n) is 1.86. The minimum Gasteiger partial charge on any atom is -0.461 e. The van der Waals surface area contributed by atoms with E-state index >= 15 is 0 Å². The maximum Gasteiger partial charge on any atom is 0.309 e. The zero-order valence-corrected chi connectivity index (χ0v) is 13.0. The third-order valence-electron chi connectivity index (χ3n) is 3.01. The molecule has 0 aromatic carbocycles. The first kappa shape index (κ1) is 17.7. The average molecular weight is 264 g/mol. The molecule has 0 aliphatic heterocycles. The molecule has 0 aliphatic carbocycles. The van der Waals surface area contributed by atoms with Crippen LogP contribution in [0, 0.1) is 17.3 Å². The molecule has 1 atom stereocenters. The molecular formula is C17H28O2. The van der Waals surface area contributed by atoms with Crippen LogP contribution in [0.4, 0.5) is 0 Å². The highest BCUT2D eigenvalue weighted by molar-refractivity contribution is 5.73. The van der Waals surface area contributed by atoms with Gasteiger partial charge in [-0.2, -0.15) is 0 Å². The SMILES string of the molecule is C=C/C=C(\C=C)COC(=O)C(CC(C)C)C(C)(C)C. The van der Waals surface area contributed by atoms with Gasteiger partial charge in [-0.3, -0.25) is 4.79 Å². The van der Waals surface area contributed by atoms with E-state index < -0.39 is 0 Å². The summed E-state index contributed by atoms with van der Waals surface area (Å²) in [4.78, 5) is 12.2. The van der Waals surface area contributed by atoms with Crippen LogP contribution in [0.1, 0.15) is 41.0 Å². The van der Waals surface area contributed by atoms with Crippen molar-refractivity contribution >= 4 is 5.97 Å². The summed E-state index contributed by atoms with van der Waals surface area (Å²) in [6.45, 7) is 18.1. The van der Waals surface area contributed by atoms with Gasteiger partial charge in [0.1, 0.15) is 6.61 Å². The number of carbonyl (C=O) groups excluding carboxylic acids is 1. The Balaban J connectivity index is 4.70. The number of allylic oxidation sites excluding steroid dienone is 2. The third-order valence-corrected chi connectivity index (χ3v) is 3.01. The normalized spacial score (nSPS) is 14.1. The van der Waals surface area contributed by atoms with Crippen molar-refractivity contribution in [2.75, 3.05) is 6.61 Å². The summed E-state index contributed by atoms with van der Waals surface area (Å²) in [6, 6.07) is 0. The highest BCUT2D eigenvalue weighted by Crippen LogP contribution is 2.32. The highest BCUT2D eigenvalue weighted by Gasteiger charge is 2.33. The smallest absolute Gasteiger partial charge is 0.309 e. The van der Waals surface area contributed by atoms with Gasteiger partial charge in [0.15, 0.2) is 0 Å². The minimum absolute atomic E-state index is 0.0812. The molecule has 2 heteroatoms. The summed E-state index contributed by atoms with van der Waals surface area (Å²) >= 11 is 0. The van der Waals surface area contributed by atoms with E-state index in [-0.39, 0.29) is 23.9 Å². The van der Waals surface area contributed by atoms with Crippen LogP contribution in [0.25, 0.3) is 0 Å². The third kappa shape index (κ3) is 7.00. The van der Waals surface area contributed by atoms with Crippen LogP contribution in [-0.2, 0) is 9.53 Å².